The number of anilines is 1. The number of hydrogen-bond acceptors (Lipinski definition) is 5. The third-order valence-electron chi connectivity index (χ3n) is 5.22. The van der Waals surface area contributed by atoms with E-state index in [2.05, 4.69) is 5.32 Å². The van der Waals surface area contributed by atoms with E-state index < -0.39 is 23.5 Å². The number of ether oxygens (including phenoxy) is 1. The van der Waals surface area contributed by atoms with Crippen LogP contribution in [-0.4, -0.2) is 47.8 Å². The molecule has 0 atom stereocenters. The second-order valence-electron chi connectivity index (χ2n) is 7.24. The van der Waals surface area contributed by atoms with E-state index >= 15 is 0 Å². The second kappa shape index (κ2) is 9.46. The Balaban J connectivity index is 2.00. The molecule has 0 aliphatic carbocycles. The van der Waals surface area contributed by atoms with E-state index in [4.69, 9.17) is 4.74 Å². The number of carbonyl (C=O) groups excluding carboxylic acids is 2. The Hall–Kier alpha value is -3.62. The molecule has 31 heavy (non-hydrogen) atoms. The van der Waals surface area contributed by atoms with Crippen molar-refractivity contribution in [2.75, 3.05) is 25.1 Å². The fourth-order valence-electron chi connectivity index (χ4n) is 3.59. The maximum atomic E-state index is 12.9. The zero-order chi connectivity index (χ0) is 22.5. The zero-order valence-corrected chi connectivity index (χ0v) is 17.5. The van der Waals surface area contributed by atoms with Gasteiger partial charge >= 0.3 is 12.1 Å². The molecule has 2 aromatic rings. The Morgan fingerprint density at radius 1 is 1.26 bits per heavy atom. The fourth-order valence-corrected chi connectivity index (χ4v) is 3.59. The van der Waals surface area contributed by atoms with E-state index in [1.165, 1.54) is 28.8 Å². The second-order valence-corrected chi connectivity index (χ2v) is 7.24. The van der Waals surface area contributed by atoms with Gasteiger partial charge in [-0.15, -0.1) is 0 Å². The van der Waals surface area contributed by atoms with Gasteiger partial charge in [0, 0.05) is 19.8 Å². The highest BCUT2D eigenvalue weighted by atomic mass is 16.5. The number of carboxylic acid groups (broad SMARTS) is 1. The van der Waals surface area contributed by atoms with Crippen LogP contribution in [0.2, 0.25) is 0 Å². The minimum Gasteiger partial charge on any atom is -0.465 e. The van der Waals surface area contributed by atoms with Crippen molar-refractivity contribution < 1.29 is 24.2 Å². The number of amides is 2. The van der Waals surface area contributed by atoms with E-state index in [9.17, 15) is 24.3 Å². The lowest BCUT2D eigenvalue weighted by Crippen LogP contribution is -2.32. The number of benzene rings is 1. The van der Waals surface area contributed by atoms with Crippen LogP contribution in [0.25, 0.3) is 0 Å². The standard InChI is InChI=1S/C22H25N3O6/c1-3-4-10-31-21(28)15-11-17(19(26)23-2)20(27)24(13-15)12-14-6-5-7-18-16(14)8-9-25(18)22(29)30/h5-7,11,13H,3-4,8-10,12H2,1-2H3,(H,23,26)(H,29,30). The number of pyridine rings is 1. The van der Waals surface area contributed by atoms with Crippen LogP contribution in [-0.2, 0) is 17.7 Å². The maximum absolute atomic E-state index is 12.9. The van der Waals surface area contributed by atoms with Crippen molar-refractivity contribution >= 4 is 23.7 Å². The predicted molar refractivity (Wildman–Crippen MR) is 114 cm³/mol. The van der Waals surface area contributed by atoms with E-state index in [0.717, 1.165) is 17.5 Å². The van der Waals surface area contributed by atoms with Crippen molar-refractivity contribution in [3.05, 3.63) is 63.1 Å². The average Bonchev–Trinajstić information content (AvgIpc) is 3.20. The molecule has 2 heterocycles. The quantitative estimate of drug-likeness (QED) is 0.517. The van der Waals surface area contributed by atoms with Gasteiger partial charge in [0.05, 0.1) is 24.4 Å². The summed E-state index contributed by atoms with van der Waals surface area (Å²) in [5.74, 6) is -1.21. The Kier molecular flexibility index (Phi) is 6.74. The molecular weight excluding hydrogens is 402 g/mol. The fraction of sp³-hybridized carbons (Fsp3) is 0.364. The molecule has 0 radical (unpaired) electrons. The van der Waals surface area contributed by atoms with Gasteiger partial charge in [0.2, 0.25) is 0 Å². The molecule has 0 bridgehead atoms. The topological polar surface area (TPSA) is 118 Å². The highest BCUT2D eigenvalue weighted by Gasteiger charge is 2.26. The van der Waals surface area contributed by atoms with Crippen LogP contribution in [0.5, 0.6) is 0 Å². The zero-order valence-electron chi connectivity index (χ0n) is 17.5. The van der Waals surface area contributed by atoms with Crippen molar-refractivity contribution in [3.8, 4) is 0 Å². The van der Waals surface area contributed by atoms with Crippen LogP contribution in [0.3, 0.4) is 0 Å². The molecule has 2 amide bonds. The number of hydrogen-bond donors (Lipinski definition) is 2. The van der Waals surface area contributed by atoms with Crippen molar-refractivity contribution in [1.82, 2.24) is 9.88 Å². The van der Waals surface area contributed by atoms with Crippen LogP contribution in [0.15, 0.2) is 35.3 Å². The number of aromatic nitrogens is 1. The molecular formula is C22H25N3O6. The SMILES string of the molecule is CCCCOC(=O)c1cc(C(=O)NC)c(=O)n(Cc2cccc3c2CCN3C(=O)O)c1. The third kappa shape index (κ3) is 4.60. The third-order valence-corrected chi connectivity index (χ3v) is 5.22. The summed E-state index contributed by atoms with van der Waals surface area (Å²) in [5, 5.41) is 11.8. The van der Waals surface area contributed by atoms with Gasteiger partial charge in [-0.25, -0.2) is 9.59 Å². The van der Waals surface area contributed by atoms with Gasteiger partial charge in [-0.05, 0) is 36.1 Å². The molecule has 1 aromatic heterocycles. The first-order valence-corrected chi connectivity index (χ1v) is 10.1. The molecule has 1 aromatic carbocycles. The molecule has 1 aliphatic rings. The summed E-state index contributed by atoms with van der Waals surface area (Å²) < 4.78 is 6.53. The Morgan fingerprint density at radius 2 is 2.03 bits per heavy atom. The largest absolute Gasteiger partial charge is 0.465 e. The highest BCUT2D eigenvalue weighted by Crippen LogP contribution is 2.31. The smallest absolute Gasteiger partial charge is 0.411 e. The van der Waals surface area contributed by atoms with Crippen molar-refractivity contribution in [3.63, 3.8) is 0 Å². The van der Waals surface area contributed by atoms with Gasteiger partial charge in [-0.3, -0.25) is 14.5 Å². The molecule has 164 valence electrons. The number of nitrogens with zero attached hydrogens (tertiary/aromatic N) is 2. The summed E-state index contributed by atoms with van der Waals surface area (Å²) in [6.07, 6.45) is 2.44. The Labute approximate surface area is 179 Å². The first-order valence-electron chi connectivity index (χ1n) is 10.1. The van der Waals surface area contributed by atoms with Gasteiger partial charge in [0.25, 0.3) is 11.5 Å². The lowest BCUT2D eigenvalue weighted by atomic mass is 10.0. The van der Waals surface area contributed by atoms with Gasteiger partial charge in [0.1, 0.15) is 5.56 Å². The Morgan fingerprint density at radius 3 is 2.71 bits per heavy atom. The number of rotatable bonds is 7. The summed E-state index contributed by atoms with van der Waals surface area (Å²) in [5.41, 5.74) is 1.56. The molecule has 0 unspecified atom stereocenters. The van der Waals surface area contributed by atoms with Gasteiger partial charge in [-0.2, -0.15) is 0 Å². The van der Waals surface area contributed by atoms with Crippen LogP contribution >= 0.6 is 0 Å². The maximum Gasteiger partial charge on any atom is 0.411 e. The summed E-state index contributed by atoms with van der Waals surface area (Å²) >= 11 is 0. The van der Waals surface area contributed by atoms with Gasteiger partial charge < -0.3 is 19.7 Å². The minimum atomic E-state index is -1.04. The molecule has 0 fully saturated rings. The van der Waals surface area contributed by atoms with Gasteiger partial charge in [-0.1, -0.05) is 25.5 Å². The molecule has 1 aliphatic heterocycles. The molecule has 0 spiro atoms. The number of carbonyl (C=O) groups is 3. The number of fused-ring (bicyclic) bond motifs is 1. The van der Waals surface area contributed by atoms with Crippen molar-refractivity contribution in [1.29, 1.82) is 0 Å². The van der Waals surface area contributed by atoms with Crippen molar-refractivity contribution in [2.45, 2.75) is 32.7 Å². The van der Waals surface area contributed by atoms with E-state index in [1.54, 1.807) is 12.1 Å². The van der Waals surface area contributed by atoms with Crippen molar-refractivity contribution in [2.24, 2.45) is 0 Å². The average molecular weight is 427 g/mol. The summed E-state index contributed by atoms with van der Waals surface area (Å²) in [6, 6.07) is 6.50. The number of unbranched alkanes of at least 4 members (excludes halogenated alkanes) is 1. The van der Waals surface area contributed by atoms with Crippen LogP contribution in [0.4, 0.5) is 10.5 Å². The number of nitrogens with one attached hydrogen (secondary N) is 1. The predicted octanol–water partition coefficient (Wildman–Crippen LogP) is 2.25. The van der Waals surface area contributed by atoms with E-state index in [1.807, 2.05) is 13.0 Å². The molecule has 9 nitrogen and oxygen atoms in total. The Bertz CT molecular complexity index is 1080. The summed E-state index contributed by atoms with van der Waals surface area (Å²) in [6.45, 7) is 2.65. The number of esters is 1. The molecule has 2 N–H and O–H groups in total. The summed E-state index contributed by atoms with van der Waals surface area (Å²) in [7, 11) is 1.41. The van der Waals surface area contributed by atoms with Crippen LogP contribution in [0.1, 0.15) is 51.6 Å². The van der Waals surface area contributed by atoms with E-state index in [-0.39, 0.29) is 24.3 Å². The summed E-state index contributed by atoms with van der Waals surface area (Å²) in [4.78, 5) is 50.3. The first kappa shape index (κ1) is 22.1. The monoisotopic (exact) mass is 427 g/mol. The van der Waals surface area contributed by atoms with E-state index in [0.29, 0.717) is 25.1 Å². The molecule has 9 heteroatoms. The lowest BCUT2D eigenvalue weighted by Gasteiger charge is -2.15. The molecule has 0 saturated carbocycles. The first-order chi connectivity index (χ1) is 14.9. The molecule has 3 rings (SSSR count). The lowest BCUT2D eigenvalue weighted by molar-refractivity contribution is 0.0498. The van der Waals surface area contributed by atoms with Crippen LogP contribution < -0.4 is 15.8 Å². The minimum absolute atomic E-state index is 0.0928. The molecule has 0 saturated heterocycles. The van der Waals surface area contributed by atoms with Gasteiger partial charge in [0.15, 0.2) is 0 Å². The van der Waals surface area contributed by atoms with Crippen LogP contribution in [0, 0.1) is 0 Å². The normalized spacial score (nSPS) is 12.4. The highest BCUT2D eigenvalue weighted by molar-refractivity contribution is 5.97.